The Bertz CT molecular complexity index is 1120. The average Bonchev–Trinajstić information content (AvgIpc) is 3.24. The van der Waals surface area contributed by atoms with Gasteiger partial charge in [0.2, 0.25) is 15.2 Å². The number of anilines is 1. The largest absolute Gasteiger partial charge is 0.253 e. The van der Waals surface area contributed by atoms with Crippen LogP contribution in [0.5, 0.6) is 0 Å². The molecule has 30 heavy (non-hydrogen) atoms. The molecule has 0 radical (unpaired) electrons. The van der Waals surface area contributed by atoms with Crippen LogP contribution < -0.4 is 5.43 Å². The van der Waals surface area contributed by atoms with Crippen molar-refractivity contribution in [1.29, 1.82) is 0 Å². The van der Waals surface area contributed by atoms with Crippen molar-refractivity contribution in [2.75, 3.05) is 18.5 Å². The first-order valence-corrected chi connectivity index (χ1v) is 12.2. The number of thiazole rings is 1. The Kier molecular flexibility index (Phi) is 6.26. The van der Waals surface area contributed by atoms with Gasteiger partial charge in [0, 0.05) is 24.0 Å². The maximum absolute atomic E-state index is 13.0. The molecule has 6 nitrogen and oxygen atoms in total. The molecule has 1 N–H and O–H groups in total. The number of aromatic nitrogens is 1. The van der Waals surface area contributed by atoms with Crippen molar-refractivity contribution >= 4 is 32.7 Å². The van der Waals surface area contributed by atoms with E-state index in [1.165, 1.54) is 11.3 Å². The van der Waals surface area contributed by atoms with Crippen LogP contribution in [0.4, 0.5) is 5.13 Å². The van der Waals surface area contributed by atoms with Gasteiger partial charge in [-0.2, -0.15) is 9.41 Å². The van der Waals surface area contributed by atoms with Crippen molar-refractivity contribution in [3.8, 4) is 11.3 Å². The summed E-state index contributed by atoms with van der Waals surface area (Å²) < 4.78 is 27.7. The molecule has 156 valence electrons. The number of piperidine rings is 1. The molecule has 1 saturated heterocycles. The van der Waals surface area contributed by atoms with Gasteiger partial charge < -0.3 is 0 Å². The maximum atomic E-state index is 13.0. The van der Waals surface area contributed by atoms with Crippen LogP contribution in [0.15, 0.2) is 70.0 Å². The molecule has 0 bridgehead atoms. The first kappa shape index (κ1) is 20.7. The predicted molar refractivity (Wildman–Crippen MR) is 122 cm³/mol. The van der Waals surface area contributed by atoms with Crippen molar-refractivity contribution in [2.24, 2.45) is 11.0 Å². The fraction of sp³-hybridized carbons (Fsp3) is 0.273. The van der Waals surface area contributed by atoms with Crippen LogP contribution in [0.25, 0.3) is 11.3 Å². The summed E-state index contributed by atoms with van der Waals surface area (Å²) in [7, 11) is -3.48. The zero-order valence-electron chi connectivity index (χ0n) is 16.7. The van der Waals surface area contributed by atoms with E-state index in [0.29, 0.717) is 29.0 Å². The van der Waals surface area contributed by atoms with Gasteiger partial charge in [0.25, 0.3) is 0 Å². The zero-order chi connectivity index (χ0) is 21.0. The van der Waals surface area contributed by atoms with E-state index < -0.39 is 10.0 Å². The fourth-order valence-electron chi connectivity index (χ4n) is 3.35. The number of sulfonamides is 1. The van der Waals surface area contributed by atoms with Gasteiger partial charge in [-0.3, -0.25) is 5.43 Å². The third kappa shape index (κ3) is 4.77. The lowest BCUT2D eigenvalue weighted by atomic mass is 10.0. The Morgan fingerprint density at radius 1 is 1.13 bits per heavy atom. The molecular formula is C22H24N4O2S2. The zero-order valence-corrected chi connectivity index (χ0v) is 18.4. The molecule has 3 aromatic rings. The summed E-state index contributed by atoms with van der Waals surface area (Å²) in [6.07, 6.45) is 3.54. The van der Waals surface area contributed by atoms with Gasteiger partial charge in [0.1, 0.15) is 0 Å². The molecular weight excluding hydrogens is 416 g/mol. The normalized spacial score (nSPS) is 16.2. The molecule has 0 atom stereocenters. The molecule has 2 aromatic carbocycles. The van der Waals surface area contributed by atoms with Crippen LogP contribution in [-0.4, -0.2) is 37.0 Å². The molecule has 2 heterocycles. The smallest absolute Gasteiger partial charge is 0.243 e. The van der Waals surface area contributed by atoms with Gasteiger partial charge in [-0.05, 0) is 36.5 Å². The van der Waals surface area contributed by atoms with Crippen LogP contribution in [0, 0.1) is 5.92 Å². The molecule has 0 aliphatic carbocycles. The van der Waals surface area contributed by atoms with Crippen LogP contribution in [0.3, 0.4) is 0 Å². The van der Waals surface area contributed by atoms with Crippen LogP contribution in [0.1, 0.15) is 25.3 Å². The van der Waals surface area contributed by atoms with Crippen LogP contribution >= 0.6 is 11.3 Å². The first-order chi connectivity index (χ1) is 14.5. The van der Waals surface area contributed by atoms with Gasteiger partial charge in [-0.15, -0.1) is 11.3 Å². The van der Waals surface area contributed by atoms with Crippen molar-refractivity contribution in [1.82, 2.24) is 9.29 Å². The first-order valence-electron chi connectivity index (χ1n) is 9.92. The highest BCUT2D eigenvalue weighted by Gasteiger charge is 2.28. The Balaban J connectivity index is 1.48. The van der Waals surface area contributed by atoms with E-state index >= 15 is 0 Å². The topological polar surface area (TPSA) is 74.7 Å². The summed E-state index contributed by atoms with van der Waals surface area (Å²) in [5.74, 6) is 0.577. The second-order valence-corrected chi connectivity index (χ2v) is 10.2. The minimum atomic E-state index is -3.48. The molecule has 1 aromatic heterocycles. The van der Waals surface area contributed by atoms with Gasteiger partial charge in [-0.1, -0.05) is 49.4 Å². The summed E-state index contributed by atoms with van der Waals surface area (Å²) >= 11 is 1.43. The standard InChI is InChI=1S/C22H24N4O2S2/c1-17-10-12-26(13-11-17)30(27,28)20-9-5-8-19(14-20)21-16-29-22(24-21)25-23-15-18-6-3-2-4-7-18/h2-9,14-17H,10-13H2,1H3,(H,24,25). The molecule has 1 fully saturated rings. The average molecular weight is 441 g/mol. The van der Waals surface area contributed by atoms with Crippen molar-refractivity contribution in [3.05, 3.63) is 65.5 Å². The highest BCUT2D eigenvalue weighted by Crippen LogP contribution is 2.29. The van der Waals surface area contributed by atoms with E-state index in [0.717, 1.165) is 29.7 Å². The molecule has 1 aliphatic rings. The highest BCUT2D eigenvalue weighted by atomic mass is 32.2. The van der Waals surface area contributed by atoms with E-state index in [-0.39, 0.29) is 0 Å². The Morgan fingerprint density at radius 3 is 2.67 bits per heavy atom. The third-order valence-electron chi connectivity index (χ3n) is 5.19. The van der Waals surface area contributed by atoms with E-state index in [1.54, 1.807) is 28.7 Å². The lowest BCUT2D eigenvalue weighted by molar-refractivity contribution is 0.288. The summed E-state index contributed by atoms with van der Waals surface area (Å²) in [6, 6.07) is 16.8. The van der Waals surface area contributed by atoms with Gasteiger partial charge in [-0.25, -0.2) is 13.4 Å². The van der Waals surface area contributed by atoms with Gasteiger partial charge in [0.15, 0.2) is 0 Å². The number of rotatable bonds is 6. The molecule has 0 spiro atoms. The van der Waals surface area contributed by atoms with Crippen molar-refractivity contribution in [3.63, 3.8) is 0 Å². The lowest BCUT2D eigenvalue weighted by Crippen LogP contribution is -2.37. The number of nitrogens with zero attached hydrogens (tertiary/aromatic N) is 3. The van der Waals surface area contributed by atoms with Gasteiger partial charge >= 0.3 is 0 Å². The summed E-state index contributed by atoms with van der Waals surface area (Å²) in [6.45, 7) is 3.33. The van der Waals surface area contributed by atoms with E-state index in [2.05, 4.69) is 22.4 Å². The summed E-state index contributed by atoms with van der Waals surface area (Å²) in [4.78, 5) is 4.86. The molecule has 8 heteroatoms. The fourth-order valence-corrected chi connectivity index (χ4v) is 5.53. The van der Waals surface area contributed by atoms with Crippen molar-refractivity contribution < 1.29 is 8.42 Å². The third-order valence-corrected chi connectivity index (χ3v) is 7.83. The Hall–Kier alpha value is -2.55. The quantitative estimate of drug-likeness (QED) is 0.446. The Labute approximate surface area is 181 Å². The molecule has 0 unspecified atom stereocenters. The monoisotopic (exact) mass is 440 g/mol. The van der Waals surface area contributed by atoms with Gasteiger partial charge in [0.05, 0.1) is 16.8 Å². The van der Waals surface area contributed by atoms with Crippen LogP contribution in [-0.2, 0) is 10.0 Å². The van der Waals surface area contributed by atoms with E-state index in [4.69, 9.17) is 0 Å². The second kappa shape index (κ2) is 9.07. The predicted octanol–water partition coefficient (Wildman–Crippen LogP) is 4.68. The second-order valence-electron chi connectivity index (χ2n) is 7.43. The molecule has 0 saturated carbocycles. The maximum Gasteiger partial charge on any atom is 0.243 e. The number of hydrazone groups is 1. The molecule has 0 amide bonds. The lowest BCUT2D eigenvalue weighted by Gasteiger charge is -2.29. The number of hydrogen-bond donors (Lipinski definition) is 1. The molecule has 4 rings (SSSR count). The minimum absolute atomic E-state index is 0.319. The summed E-state index contributed by atoms with van der Waals surface area (Å²) in [5, 5.41) is 6.76. The van der Waals surface area contributed by atoms with E-state index in [1.807, 2.05) is 41.8 Å². The summed E-state index contributed by atoms with van der Waals surface area (Å²) in [5.41, 5.74) is 5.43. The minimum Gasteiger partial charge on any atom is -0.253 e. The Morgan fingerprint density at radius 2 is 1.90 bits per heavy atom. The highest BCUT2D eigenvalue weighted by molar-refractivity contribution is 7.89. The number of nitrogens with one attached hydrogen (secondary N) is 1. The van der Waals surface area contributed by atoms with E-state index in [9.17, 15) is 8.42 Å². The molecule has 1 aliphatic heterocycles. The van der Waals surface area contributed by atoms with Crippen LogP contribution in [0.2, 0.25) is 0 Å². The van der Waals surface area contributed by atoms with Crippen molar-refractivity contribution in [2.45, 2.75) is 24.7 Å². The SMILES string of the molecule is CC1CCN(S(=O)(=O)c2cccc(-c3csc(NN=Cc4ccccc4)n3)c2)CC1. The number of hydrogen-bond acceptors (Lipinski definition) is 6. The number of benzene rings is 2.